The van der Waals surface area contributed by atoms with Crippen LogP contribution in [0.15, 0.2) is 24.3 Å². The van der Waals surface area contributed by atoms with Gasteiger partial charge in [-0.3, -0.25) is 0 Å². The Hall–Kier alpha value is -1.56. The van der Waals surface area contributed by atoms with Crippen molar-refractivity contribution in [2.24, 2.45) is 11.3 Å². The summed E-state index contributed by atoms with van der Waals surface area (Å²) in [7, 11) is 0. The van der Waals surface area contributed by atoms with Crippen LogP contribution < -0.4 is 5.32 Å². The smallest absolute Gasteiger partial charge is 0.128 e. The van der Waals surface area contributed by atoms with Crippen LogP contribution in [-0.2, 0) is 0 Å². The molecule has 102 valence electrons. The molecule has 0 radical (unpaired) electrons. The highest BCUT2D eigenvalue weighted by molar-refractivity contribution is 5.48. The predicted octanol–water partition coefficient (Wildman–Crippen LogP) is 4.35. The third-order valence-electron chi connectivity index (χ3n) is 4.31. The first-order valence-electron chi connectivity index (χ1n) is 6.82. The van der Waals surface area contributed by atoms with Crippen LogP contribution in [0.5, 0.6) is 0 Å². The number of anilines is 1. The molecule has 0 aliphatic heterocycles. The molecule has 0 aromatic heterocycles. The van der Waals surface area contributed by atoms with E-state index in [0.717, 1.165) is 24.9 Å². The molecule has 1 aliphatic rings. The largest absolute Gasteiger partial charge is 0.367 e. The Morgan fingerprint density at radius 2 is 1.89 bits per heavy atom. The molecule has 19 heavy (non-hydrogen) atoms. The first-order chi connectivity index (χ1) is 8.87. The molecule has 1 aromatic rings. The molecule has 3 heteroatoms. The van der Waals surface area contributed by atoms with E-state index in [1.54, 1.807) is 12.1 Å². The van der Waals surface area contributed by atoms with E-state index in [0.29, 0.717) is 5.41 Å². The predicted molar refractivity (Wildman–Crippen MR) is 75.2 cm³/mol. The number of halogens is 1. The van der Waals surface area contributed by atoms with Crippen LogP contribution in [0.4, 0.5) is 10.1 Å². The first-order valence-corrected chi connectivity index (χ1v) is 6.82. The molecule has 2 atom stereocenters. The van der Waals surface area contributed by atoms with Gasteiger partial charge in [0.2, 0.25) is 0 Å². The van der Waals surface area contributed by atoms with Gasteiger partial charge >= 0.3 is 0 Å². The minimum atomic E-state index is -0.534. The van der Waals surface area contributed by atoms with Gasteiger partial charge in [-0.2, -0.15) is 5.26 Å². The van der Waals surface area contributed by atoms with Crippen LogP contribution in [0.25, 0.3) is 0 Å². The Balaban J connectivity index is 2.20. The van der Waals surface area contributed by atoms with Crippen molar-refractivity contribution < 1.29 is 4.39 Å². The van der Waals surface area contributed by atoms with Crippen LogP contribution in [0.2, 0.25) is 0 Å². The van der Waals surface area contributed by atoms with Gasteiger partial charge < -0.3 is 5.32 Å². The molecule has 0 saturated heterocycles. The van der Waals surface area contributed by atoms with Gasteiger partial charge in [-0.15, -0.1) is 0 Å². The van der Waals surface area contributed by atoms with Crippen molar-refractivity contribution in [3.63, 3.8) is 0 Å². The van der Waals surface area contributed by atoms with Crippen molar-refractivity contribution in [3.05, 3.63) is 30.1 Å². The monoisotopic (exact) mass is 260 g/mol. The molecule has 2 rings (SSSR count). The lowest BCUT2D eigenvalue weighted by Gasteiger charge is -2.45. The van der Waals surface area contributed by atoms with Crippen molar-refractivity contribution in [1.29, 1.82) is 5.26 Å². The zero-order valence-electron chi connectivity index (χ0n) is 11.8. The standard InChI is InChI=1S/C16H21FN2/c1-12-10-15(2,3)8-9-16(12,11-18)19-14-6-4-13(17)5-7-14/h4-7,12,19H,8-10H2,1-3H3. The zero-order valence-corrected chi connectivity index (χ0v) is 11.8. The molecule has 1 saturated carbocycles. The number of hydrogen-bond donors (Lipinski definition) is 1. The van der Waals surface area contributed by atoms with E-state index in [-0.39, 0.29) is 11.7 Å². The maximum Gasteiger partial charge on any atom is 0.128 e. The number of rotatable bonds is 2. The highest BCUT2D eigenvalue weighted by Crippen LogP contribution is 2.45. The fourth-order valence-corrected chi connectivity index (χ4v) is 3.06. The summed E-state index contributed by atoms with van der Waals surface area (Å²) in [4.78, 5) is 0. The average Bonchev–Trinajstić information content (AvgIpc) is 2.35. The minimum absolute atomic E-state index is 0.255. The maximum absolute atomic E-state index is 12.9. The summed E-state index contributed by atoms with van der Waals surface area (Å²) in [6, 6.07) is 8.70. The topological polar surface area (TPSA) is 35.8 Å². The number of hydrogen-bond acceptors (Lipinski definition) is 2. The lowest BCUT2D eigenvalue weighted by atomic mass is 9.64. The lowest BCUT2D eigenvalue weighted by Crippen LogP contribution is -2.48. The first kappa shape index (κ1) is 13.9. The summed E-state index contributed by atoms with van der Waals surface area (Å²) in [6.07, 6.45) is 2.88. The molecule has 0 amide bonds. The molecule has 1 N–H and O–H groups in total. The van der Waals surface area contributed by atoms with Gasteiger partial charge in [0.15, 0.2) is 0 Å². The summed E-state index contributed by atoms with van der Waals surface area (Å²) >= 11 is 0. The molecule has 2 nitrogen and oxygen atoms in total. The lowest BCUT2D eigenvalue weighted by molar-refractivity contribution is 0.146. The van der Waals surface area contributed by atoms with E-state index in [2.05, 4.69) is 32.2 Å². The van der Waals surface area contributed by atoms with E-state index in [4.69, 9.17) is 0 Å². The summed E-state index contributed by atoms with van der Waals surface area (Å²) < 4.78 is 12.9. The zero-order chi connectivity index (χ0) is 14.1. The number of nitrogens with zero attached hydrogens (tertiary/aromatic N) is 1. The molecular weight excluding hydrogens is 239 g/mol. The van der Waals surface area contributed by atoms with Crippen molar-refractivity contribution >= 4 is 5.69 Å². The van der Waals surface area contributed by atoms with Gasteiger partial charge in [0, 0.05) is 5.69 Å². The van der Waals surface area contributed by atoms with Crippen LogP contribution in [0.1, 0.15) is 40.0 Å². The number of nitrogens with one attached hydrogen (secondary N) is 1. The fourth-order valence-electron chi connectivity index (χ4n) is 3.06. The van der Waals surface area contributed by atoms with Gasteiger partial charge in [-0.1, -0.05) is 20.8 Å². The Morgan fingerprint density at radius 1 is 1.26 bits per heavy atom. The van der Waals surface area contributed by atoms with E-state index in [9.17, 15) is 9.65 Å². The van der Waals surface area contributed by atoms with E-state index in [1.807, 2.05) is 0 Å². The van der Waals surface area contributed by atoms with Gasteiger partial charge in [0.1, 0.15) is 11.4 Å². The molecule has 0 bridgehead atoms. The summed E-state index contributed by atoms with van der Waals surface area (Å²) in [6.45, 7) is 6.63. The van der Waals surface area contributed by atoms with E-state index < -0.39 is 5.54 Å². The Morgan fingerprint density at radius 3 is 2.42 bits per heavy atom. The van der Waals surface area contributed by atoms with E-state index >= 15 is 0 Å². The van der Waals surface area contributed by atoms with Gasteiger partial charge in [0.25, 0.3) is 0 Å². The van der Waals surface area contributed by atoms with Crippen LogP contribution >= 0.6 is 0 Å². The van der Waals surface area contributed by atoms with Crippen molar-refractivity contribution in [3.8, 4) is 6.07 Å². The summed E-state index contributed by atoms with van der Waals surface area (Å²) in [5, 5.41) is 12.9. The van der Waals surface area contributed by atoms with Crippen molar-refractivity contribution in [1.82, 2.24) is 0 Å². The second-order valence-corrected chi connectivity index (χ2v) is 6.48. The van der Waals surface area contributed by atoms with Crippen LogP contribution in [0.3, 0.4) is 0 Å². The third-order valence-corrected chi connectivity index (χ3v) is 4.31. The normalized spacial score (nSPS) is 29.5. The fraction of sp³-hybridized carbons (Fsp3) is 0.562. The third kappa shape index (κ3) is 2.89. The second kappa shape index (κ2) is 4.85. The Kier molecular flexibility index (Phi) is 3.54. The highest BCUT2D eigenvalue weighted by atomic mass is 19.1. The molecule has 0 heterocycles. The molecule has 2 unspecified atom stereocenters. The summed E-state index contributed by atoms with van der Waals surface area (Å²) in [5.41, 5.74) is 0.576. The number of benzene rings is 1. The van der Waals surface area contributed by atoms with Crippen molar-refractivity contribution in [2.75, 3.05) is 5.32 Å². The SMILES string of the molecule is CC1CC(C)(C)CCC1(C#N)Nc1ccc(F)cc1. The van der Waals surface area contributed by atoms with Gasteiger partial charge in [0.05, 0.1) is 6.07 Å². The maximum atomic E-state index is 12.9. The molecular formula is C16H21FN2. The Bertz CT molecular complexity index is 486. The summed E-state index contributed by atoms with van der Waals surface area (Å²) in [5.74, 6) is 0.0145. The van der Waals surface area contributed by atoms with Crippen molar-refractivity contribution in [2.45, 2.75) is 45.6 Å². The van der Waals surface area contributed by atoms with Crippen LogP contribution in [0, 0.1) is 28.5 Å². The van der Waals surface area contributed by atoms with Gasteiger partial charge in [-0.25, -0.2) is 4.39 Å². The van der Waals surface area contributed by atoms with Gasteiger partial charge in [-0.05, 0) is 54.9 Å². The highest BCUT2D eigenvalue weighted by Gasteiger charge is 2.44. The average molecular weight is 260 g/mol. The Labute approximate surface area is 114 Å². The van der Waals surface area contributed by atoms with E-state index in [1.165, 1.54) is 12.1 Å². The second-order valence-electron chi connectivity index (χ2n) is 6.48. The molecule has 1 fully saturated rings. The number of nitriles is 1. The van der Waals surface area contributed by atoms with Crippen LogP contribution in [-0.4, -0.2) is 5.54 Å². The minimum Gasteiger partial charge on any atom is -0.367 e. The molecule has 1 aliphatic carbocycles. The quantitative estimate of drug-likeness (QED) is 0.858. The molecule has 1 aromatic carbocycles. The molecule has 0 spiro atoms.